The maximum absolute atomic E-state index is 5.74. The highest BCUT2D eigenvalue weighted by Crippen LogP contribution is 2.27. The zero-order valence-electron chi connectivity index (χ0n) is 11.9. The first-order chi connectivity index (χ1) is 11.3. The SMILES string of the molecule is Brc1cncnc1Oc1ccc(-n2ncc3ccccc32)cc1. The van der Waals surface area contributed by atoms with Crippen LogP contribution < -0.4 is 4.74 Å². The van der Waals surface area contributed by atoms with Crippen molar-refractivity contribution in [2.75, 3.05) is 0 Å². The van der Waals surface area contributed by atoms with Gasteiger partial charge in [-0.15, -0.1) is 0 Å². The summed E-state index contributed by atoms with van der Waals surface area (Å²) in [4.78, 5) is 8.00. The summed E-state index contributed by atoms with van der Waals surface area (Å²) in [6.45, 7) is 0. The highest BCUT2D eigenvalue weighted by atomic mass is 79.9. The van der Waals surface area contributed by atoms with E-state index in [2.05, 4.69) is 31.0 Å². The van der Waals surface area contributed by atoms with E-state index in [0.29, 0.717) is 16.1 Å². The molecule has 2 heterocycles. The number of benzene rings is 2. The van der Waals surface area contributed by atoms with Gasteiger partial charge in [0.05, 0.1) is 21.9 Å². The number of hydrogen-bond acceptors (Lipinski definition) is 4. The first-order valence-corrected chi connectivity index (χ1v) is 7.77. The van der Waals surface area contributed by atoms with E-state index in [1.165, 1.54) is 6.33 Å². The minimum atomic E-state index is 0.484. The Kier molecular flexibility index (Phi) is 3.51. The second-order valence-corrected chi connectivity index (χ2v) is 5.74. The number of halogens is 1. The molecule has 112 valence electrons. The van der Waals surface area contributed by atoms with E-state index < -0.39 is 0 Å². The number of ether oxygens (including phenoxy) is 1. The molecule has 0 aliphatic rings. The summed E-state index contributed by atoms with van der Waals surface area (Å²) in [6, 6.07) is 15.8. The van der Waals surface area contributed by atoms with Crippen molar-refractivity contribution >= 4 is 26.8 Å². The fourth-order valence-electron chi connectivity index (χ4n) is 2.32. The number of nitrogens with zero attached hydrogens (tertiary/aromatic N) is 4. The molecule has 0 atom stereocenters. The quantitative estimate of drug-likeness (QED) is 0.540. The van der Waals surface area contributed by atoms with Gasteiger partial charge in [0, 0.05) is 11.6 Å². The molecule has 0 radical (unpaired) electrons. The molecule has 0 unspecified atom stereocenters. The summed E-state index contributed by atoms with van der Waals surface area (Å²) in [6.07, 6.45) is 4.95. The normalized spacial score (nSPS) is 10.8. The van der Waals surface area contributed by atoms with Crippen molar-refractivity contribution in [3.05, 3.63) is 71.7 Å². The Labute approximate surface area is 140 Å². The van der Waals surface area contributed by atoms with Gasteiger partial charge < -0.3 is 4.74 Å². The Balaban J connectivity index is 1.65. The largest absolute Gasteiger partial charge is 0.438 e. The predicted octanol–water partition coefficient (Wildman–Crippen LogP) is 4.37. The van der Waals surface area contributed by atoms with Gasteiger partial charge in [0.25, 0.3) is 0 Å². The maximum Gasteiger partial charge on any atom is 0.236 e. The number of fused-ring (bicyclic) bond motifs is 1. The molecule has 0 saturated heterocycles. The Morgan fingerprint density at radius 1 is 0.957 bits per heavy atom. The van der Waals surface area contributed by atoms with Crippen LogP contribution in [0.1, 0.15) is 0 Å². The highest BCUT2D eigenvalue weighted by Gasteiger charge is 2.06. The van der Waals surface area contributed by atoms with E-state index in [1.54, 1.807) is 6.20 Å². The zero-order chi connectivity index (χ0) is 15.6. The van der Waals surface area contributed by atoms with Crippen molar-refractivity contribution in [3.8, 4) is 17.3 Å². The first kappa shape index (κ1) is 13.9. The molecule has 0 aliphatic heterocycles. The van der Waals surface area contributed by atoms with Crippen LogP contribution in [0.4, 0.5) is 0 Å². The van der Waals surface area contributed by atoms with Crippen LogP contribution in [0.15, 0.2) is 71.7 Å². The molecular weight excluding hydrogens is 356 g/mol. The van der Waals surface area contributed by atoms with Crippen LogP contribution >= 0.6 is 15.9 Å². The summed E-state index contributed by atoms with van der Waals surface area (Å²) >= 11 is 3.36. The summed E-state index contributed by atoms with van der Waals surface area (Å²) in [5, 5.41) is 5.55. The predicted molar refractivity (Wildman–Crippen MR) is 90.9 cm³/mol. The molecule has 0 spiro atoms. The molecule has 0 bridgehead atoms. The lowest BCUT2D eigenvalue weighted by molar-refractivity contribution is 0.458. The molecule has 0 aliphatic carbocycles. The Bertz CT molecular complexity index is 966. The molecule has 5 nitrogen and oxygen atoms in total. The third kappa shape index (κ3) is 2.68. The molecule has 0 amide bonds. The van der Waals surface area contributed by atoms with Gasteiger partial charge in [-0.1, -0.05) is 18.2 Å². The Morgan fingerprint density at radius 2 is 1.78 bits per heavy atom. The Hall–Kier alpha value is -2.73. The molecule has 4 aromatic rings. The van der Waals surface area contributed by atoms with E-state index in [-0.39, 0.29) is 0 Å². The molecule has 23 heavy (non-hydrogen) atoms. The molecule has 0 saturated carbocycles. The van der Waals surface area contributed by atoms with E-state index in [9.17, 15) is 0 Å². The highest BCUT2D eigenvalue weighted by molar-refractivity contribution is 9.10. The van der Waals surface area contributed by atoms with E-state index in [1.807, 2.05) is 59.4 Å². The van der Waals surface area contributed by atoms with Crippen LogP contribution in [0.25, 0.3) is 16.6 Å². The summed E-state index contributed by atoms with van der Waals surface area (Å²) in [7, 11) is 0. The van der Waals surface area contributed by atoms with Crippen molar-refractivity contribution < 1.29 is 4.74 Å². The van der Waals surface area contributed by atoms with Crippen LogP contribution in [-0.2, 0) is 0 Å². The van der Waals surface area contributed by atoms with Crippen LogP contribution in [0.3, 0.4) is 0 Å². The van der Waals surface area contributed by atoms with Crippen molar-refractivity contribution in [2.24, 2.45) is 0 Å². The smallest absolute Gasteiger partial charge is 0.236 e. The minimum absolute atomic E-state index is 0.484. The lowest BCUT2D eigenvalue weighted by Crippen LogP contribution is -1.96. The molecule has 2 aromatic carbocycles. The number of para-hydroxylation sites is 1. The van der Waals surface area contributed by atoms with E-state index in [4.69, 9.17) is 4.74 Å². The average Bonchev–Trinajstić information content (AvgIpc) is 3.02. The molecule has 2 aromatic heterocycles. The van der Waals surface area contributed by atoms with Crippen LogP contribution in [0.5, 0.6) is 11.6 Å². The lowest BCUT2D eigenvalue weighted by atomic mass is 10.2. The monoisotopic (exact) mass is 366 g/mol. The number of aromatic nitrogens is 4. The molecular formula is C17H11BrN4O. The second-order valence-electron chi connectivity index (χ2n) is 4.89. The molecule has 6 heteroatoms. The van der Waals surface area contributed by atoms with Gasteiger partial charge >= 0.3 is 0 Å². The third-order valence-electron chi connectivity index (χ3n) is 3.41. The average molecular weight is 367 g/mol. The van der Waals surface area contributed by atoms with E-state index in [0.717, 1.165) is 16.6 Å². The fraction of sp³-hybridized carbons (Fsp3) is 0. The van der Waals surface area contributed by atoms with Gasteiger partial charge in [0.15, 0.2) is 0 Å². The summed E-state index contributed by atoms with van der Waals surface area (Å²) in [5.41, 5.74) is 2.04. The fourth-order valence-corrected chi connectivity index (χ4v) is 2.62. The third-order valence-corrected chi connectivity index (χ3v) is 3.95. The summed E-state index contributed by atoms with van der Waals surface area (Å²) < 4.78 is 8.35. The van der Waals surface area contributed by atoms with Crippen LogP contribution in [0, 0.1) is 0 Å². The molecule has 0 fully saturated rings. The van der Waals surface area contributed by atoms with Gasteiger partial charge in [-0.2, -0.15) is 5.10 Å². The van der Waals surface area contributed by atoms with Crippen molar-refractivity contribution in [2.45, 2.75) is 0 Å². The maximum atomic E-state index is 5.74. The topological polar surface area (TPSA) is 52.8 Å². The van der Waals surface area contributed by atoms with Crippen LogP contribution in [0.2, 0.25) is 0 Å². The van der Waals surface area contributed by atoms with E-state index >= 15 is 0 Å². The van der Waals surface area contributed by atoms with Gasteiger partial charge in [-0.05, 0) is 46.3 Å². The number of rotatable bonds is 3. The van der Waals surface area contributed by atoms with Crippen molar-refractivity contribution in [1.82, 2.24) is 19.7 Å². The molecule has 0 N–H and O–H groups in total. The second kappa shape index (κ2) is 5.81. The standard InChI is InChI=1S/C17H11BrN4O/c18-15-10-19-11-20-17(15)23-14-7-5-13(6-8-14)22-16-4-2-1-3-12(16)9-21-22/h1-11H. The molecule has 4 rings (SSSR count). The van der Waals surface area contributed by atoms with Gasteiger partial charge in [-0.25, -0.2) is 14.6 Å². The minimum Gasteiger partial charge on any atom is -0.438 e. The van der Waals surface area contributed by atoms with Gasteiger partial charge in [0.2, 0.25) is 5.88 Å². The lowest BCUT2D eigenvalue weighted by Gasteiger charge is -2.07. The zero-order valence-corrected chi connectivity index (χ0v) is 13.5. The van der Waals surface area contributed by atoms with Crippen molar-refractivity contribution in [3.63, 3.8) is 0 Å². The first-order valence-electron chi connectivity index (χ1n) is 6.98. The van der Waals surface area contributed by atoms with Gasteiger partial charge in [-0.3, -0.25) is 0 Å². The number of hydrogen-bond donors (Lipinski definition) is 0. The summed E-state index contributed by atoms with van der Waals surface area (Å²) in [5.74, 6) is 1.18. The van der Waals surface area contributed by atoms with Crippen molar-refractivity contribution in [1.29, 1.82) is 0 Å². The Morgan fingerprint density at radius 3 is 2.61 bits per heavy atom. The van der Waals surface area contributed by atoms with Crippen LogP contribution in [-0.4, -0.2) is 19.7 Å². The van der Waals surface area contributed by atoms with Gasteiger partial charge in [0.1, 0.15) is 12.1 Å².